The minimum absolute atomic E-state index is 0.244. The molecule has 102 valence electrons. The molecule has 1 fully saturated rings. The predicted molar refractivity (Wildman–Crippen MR) is 62.7 cm³/mol. The third-order valence-electron chi connectivity index (χ3n) is 2.50. The lowest BCUT2D eigenvalue weighted by Gasteiger charge is -2.33. The highest BCUT2D eigenvalue weighted by atomic mass is 16.6. The van der Waals surface area contributed by atoms with Crippen molar-refractivity contribution in [2.45, 2.75) is 51.7 Å². The summed E-state index contributed by atoms with van der Waals surface area (Å²) >= 11 is 0. The van der Waals surface area contributed by atoms with Crippen LogP contribution in [0.2, 0.25) is 0 Å². The van der Waals surface area contributed by atoms with Gasteiger partial charge in [0.2, 0.25) is 5.91 Å². The highest BCUT2D eigenvalue weighted by Gasteiger charge is 2.40. The Hall–Kier alpha value is -1.59. The van der Waals surface area contributed by atoms with E-state index < -0.39 is 29.6 Å². The Morgan fingerprint density at radius 2 is 1.94 bits per heavy atom. The van der Waals surface area contributed by atoms with Gasteiger partial charge in [0, 0.05) is 6.42 Å². The largest absolute Gasteiger partial charge is 0.458 e. The van der Waals surface area contributed by atoms with Crippen LogP contribution in [-0.4, -0.2) is 41.6 Å². The zero-order valence-corrected chi connectivity index (χ0v) is 11.2. The molecule has 6 nitrogen and oxygen atoms in total. The van der Waals surface area contributed by atoms with E-state index in [1.54, 1.807) is 20.8 Å². The van der Waals surface area contributed by atoms with E-state index in [9.17, 15) is 14.4 Å². The molecule has 2 amide bonds. The molecule has 1 atom stereocenters. The fourth-order valence-electron chi connectivity index (χ4n) is 1.79. The van der Waals surface area contributed by atoms with Gasteiger partial charge in [0.05, 0.1) is 7.11 Å². The molecule has 1 aliphatic rings. The summed E-state index contributed by atoms with van der Waals surface area (Å²) < 4.78 is 9.74. The summed E-state index contributed by atoms with van der Waals surface area (Å²) in [6, 6.07) is -0.877. The molecule has 0 aromatic heterocycles. The predicted octanol–water partition coefficient (Wildman–Crippen LogP) is 1.48. The van der Waals surface area contributed by atoms with Crippen molar-refractivity contribution < 1.29 is 23.9 Å². The van der Waals surface area contributed by atoms with E-state index in [0.29, 0.717) is 12.8 Å². The van der Waals surface area contributed by atoms with Crippen molar-refractivity contribution in [1.82, 2.24) is 4.90 Å². The molecule has 0 aliphatic carbocycles. The van der Waals surface area contributed by atoms with Crippen LogP contribution in [-0.2, 0) is 19.1 Å². The molecule has 0 N–H and O–H groups in total. The summed E-state index contributed by atoms with van der Waals surface area (Å²) in [5.74, 6) is -0.968. The molecule has 1 saturated heterocycles. The first kappa shape index (κ1) is 14.5. The maximum Gasteiger partial charge on any atom is 0.417 e. The zero-order chi connectivity index (χ0) is 13.9. The minimum Gasteiger partial charge on any atom is -0.458 e. The van der Waals surface area contributed by atoms with Crippen LogP contribution in [0.15, 0.2) is 0 Å². The quantitative estimate of drug-likeness (QED) is 0.665. The highest BCUT2D eigenvalue weighted by Crippen LogP contribution is 2.22. The standard InChI is InChI=1S/C12H19NO5/c1-12(2,3)18-10(15)8-6-5-7-9(14)13(8)11(16)17-4/h8H,5-7H2,1-4H3/t8-/m0/s1. The van der Waals surface area contributed by atoms with Gasteiger partial charge in [-0.3, -0.25) is 4.79 Å². The lowest BCUT2D eigenvalue weighted by molar-refractivity contribution is -0.165. The number of hydrogen-bond acceptors (Lipinski definition) is 5. The van der Waals surface area contributed by atoms with Crippen LogP contribution in [0.25, 0.3) is 0 Å². The molecule has 0 aromatic rings. The van der Waals surface area contributed by atoms with Gasteiger partial charge >= 0.3 is 12.1 Å². The second kappa shape index (κ2) is 5.37. The van der Waals surface area contributed by atoms with Crippen molar-refractivity contribution in [3.8, 4) is 0 Å². The van der Waals surface area contributed by atoms with E-state index in [1.165, 1.54) is 7.11 Å². The summed E-state index contributed by atoms with van der Waals surface area (Å²) in [7, 11) is 1.18. The molecule has 1 aliphatic heterocycles. The number of methoxy groups -OCH3 is 1. The molecule has 1 rings (SSSR count). The number of esters is 1. The van der Waals surface area contributed by atoms with Crippen molar-refractivity contribution in [2.24, 2.45) is 0 Å². The van der Waals surface area contributed by atoms with Gasteiger partial charge in [-0.25, -0.2) is 14.5 Å². The van der Waals surface area contributed by atoms with Crippen molar-refractivity contribution in [3.63, 3.8) is 0 Å². The lowest BCUT2D eigenvalue weighted by atomic mass is 10.0. The Bertz CT molecular complexity index is 350. The van der Waals surface area contributed by atoms with Gasteiger partial charge in [-0.05, 0) is 33.6 Å². The van der Waals surface area contributed by atoms with Crippen molar-refractivity contribution >= 4 is 18.0 Å². The molecular weight excluding hydrogens is 238 g/mol. The second-order valence-corrected chi connectivity index (χ2v) is 5.18. The molecule has 1 heterocycles. The van der Waals surface area contributed by atoms with Crippen molar-refractivity contribution in [2.75, 3.05) is 7.11 Å². The third kappa shape index (κ3) is 3.45. The van der Waals surface area contributed by atoms with Crippen LogP contribution >= 0.6 is 0 Å². The number of imide groups is 1. The van der Waals surface area contributed by atoms with E-state index in [-0.39, 0.29) is 6.42 Å². The number of nitrogens with zero attached hydrogens (tertiary/aromatic N) is 1. The third-order valence-corrected chi connectivity index (χ3v) is 2.50. The molecule has 0 unspecified atom stereocenters. The van der Waals surface area contributed by atoms with Gasteiger partial charge in [-0.2, -0.15) is 0 Å². The van der Waals surface area contributed by atoms with E-state index in [2.05, 4.69) is 4.74 Å². The normalized spacial score (nSPS) is 20.6. The summed E-state index contributed by atoms with van der Waals surface area (Å²) in [6.45, 7) is 5.20. The van der Waals surface area contributed by atoms with Crippen LogP contribution < -0.4 is 0 Å². The topological polar surface area (TPSA) is 72.9 Å². The van der Waals surface area contributed by atoms with Crippen LogP contribution in [0.1, 0.15) is 40.0 Å². The maximum atomic E-state index is 12.0. The maximum absolute atomic E-state index is 12.0. The van der Waals surface area contributed by atoms with Crippen molar-refractivity contribution in [1.29, 1.82) is 0 Å². The SMILES string of the molecule is COC(=O)N1C(=O)CCC[C@H]1C(=O)OC(C)(C)C. The first-order valence-electron chi connectivity index (χ1n) is 5.89. The first-order chi connectivity index (χ1) is 8.26. The number of ether oxygens (including phenoxy) is 2. The summed E-state index contributed by atoms with van der Waals surface area (Å²) in [5, 5.41) is 0. The van der Waals surface area contributed by atoms with E-state index >= 15 is 0 Å². The molecule has 0 bridgehead atoms. The molecular formula is C12H19NO5. The van der Waals surface area contributed by atoms with E-state index in [1.807, 2.05) is 0 Å². The van der Waals surface area contributed by atoms with E-state index in [0.717, 1.165) is 4.90 Å². The molecule has 0 radical (unpaired) electrons. The Morgan fingerprint density at radius 1 is 1.33 bits per heavy atom. The Morgan fingerprint density at radius 3 is 2.44 bits per heavy atom. The van der Waals surface area contributed by atoms with Gasteiger partial charge in [0.15, 0.2) is 0 Å². The molecule has 0 saturated carbocycles. The van der Waals surface area contributed by atoms with Gasteiger partial charge in [0.25, 0.3) is 0 Å². The summed E-state index contributed by atoms with van der Waals surface area (Å²) in [5.41, 5.74) is -0.653. The number of piperidine rings is 1. The highest BCUT2D eigenvalue weighted by molar-refractivity contribution is 5.97. The Labute approximate surface area is 106 Å². The fourth-order valence-corrected chi connectivity index (χ4v) is 1.79. The average Bonchev–Trinajstić information content (AvgIpc) is 2.25. The zero-order valence-electron chi connectivity index (χ0n) is 11.2. The number of hydrogen-bond donors (Lipinski definition) is 0. The van der Waals surface area contributed by atoms with Gasteiger partial charge in [-0.1, -0.05) is 0 Å². The summed E-state index contributed by atoms with van der Waals surface area (Å²) in [4.78, 5) is 36.1. The van der Waals surface area contributed by atoms with Gasteiger partial charge in [-0.15, -0.1) is 0 Å². The number of carbonyl (C=O) groups excluding carboxylic acids is 3. The molecule has 0 spiro atoms. The number of amides is 2. The Kier molecular flexibility index (Phi) is 4.32. The number of likely N-dealkylation sites (tertiary alicyclic amines) is 1. The van der Waals surface area contributed by atoms with Gasteiger partial charge < -0.3 is 9.47 Å². The minimum atomic E-state index is -0.877. The van der Waals surface area contributed by atoms with Crippen molar-refractivity contribution in [3.05, 3.63) is 0 Å². The smallest absolute Gasteiger partial charge is 0.417 e. The monoisotopic (exact) mass is 257 g/mol. The Balaban J connectivity index is 2.86. The van der Waals surface area contributed by atoms with Gasteiger partial charge in [0.1, 0.15) is 11.6 Å². The first-order valence-corrected chi connectivity index (χ1v) is 5.89. The molecule has 0 aromatic carbocycles. The average molecular weight is 257 g/mol. The molecule has 6 heteroatoms. The van der Waals surface area contributed by atoms with Crippen LogP contribution in [0.5, 0.6) is 0 Å². The second-order valence-electron chi connectivity index (χ2n) is 5.18. The lowest BCUT2D eigenvalue weighted by Crippen LogP contribution is -2.52. The fraction of sp³-hybridized carbons (Fsp3) is 0.750. The van der Waals surface area contributed by atoms with Crippen LogP contribution in [0.4, 0.5) is 4.79 Å². The number of rotatable bonds is 1. The molecule has 18 heavy (non-hydrogen) atoms. The summed E-state index contributed by atoms with van der Waals surface area (Å²) in [6.07, 6.45) is 0.413. The van der Waals surface area contributed by atoms with E-state index in [4.69, 9.17) is 4.74 Å². The number of carbonyl (C=O) groups is 3. The van der Waals surface area contributed by atoms with Crippen LogP contribution in [0.3, 0.4) is 0 Å². The van der Waals surface area contributed by atoms with Crippen LogP contribution in [0, 0.1) is 0 Å².